The third-order valence-electron chi connectivity index (χ3n) is 3.71. The number of benzene rings is 3. The van der Waals surface area contributed by atoms with E-state index in [0.29, 0.717) is 18.0 Å². The van der Waals surface area contributed by atoms with Gasteiger partial charge in [0.25, 0.3) is 5.91 Å². The second-order valence-corrected chi connectivity index (χ2v) is 6.12. The lowest BCUT2D eigenvalue weighted by Gasteiger charge is -2.10. The molecule has 0 aliphatic rings. The van der Waals surface area contributed by atoms with E-state index in [2.05, 4.69) is 11.9 Å². The highest BCUT2D eigenvalue weighted by atomic mass is 16.5. The molecule has 0 saturated carbocycles. The highest BCUT2D eigenvalue weighted by Gasteiger charge is 2.05. The van der Waals surface area contributed by atoms with Gasteiger partial charge in [-0.2, -0.15) is 0 Å². The molecule has 0 radical (unpaired) electrons. The first kappa shape index (κ1) is 17.5. The summed E-state index contributed by atoms with van der Waals surface area (Å²) in [5, 5.41) is 5.02. The van der Waals surface area contributed by atoms with E-state index < -0.39 is 0 Å². The number of fused-ring (bicyclic) bond motifs is 1. The second-order valence-electron chi connectivity index (χ2n) is 6.12. The van der Waals surface area contributed by atoms with E-state index in [1.54, 1.807) is 12.1 Å². The number of hydrogen-bond acceptors (Lipinski definition) is 3. The van der Waals surface area contributed by atoms with Crippen molar-refractivity contribution in [1.82, 2.24) is 0 Å². The highest BCUT2D eigenvalue weighted by molar-refractivity contribution is 5.92. The summed E-state index contributed by atoms with van der Waals surface area (Å²) in [6.45, 7) is 6.13. The molecule has 4 heteroatoms. The second kappa shape index (κ2) is 8.21. The molecule has 0 aliphatic carbocycles. The Kier molecular flexibility index (Phi) is 5.54. The van der Waals surface area contributed by atoms with Crippen molar-refractivity contribution in [1.29, 1.82) is 0 Å². The minimum absolute atomic E-state index is 0.0494. The lowest BCUT2D eigenvalue weighted by molar-refractivity contribution is -0.118. The first-order chi connectivity index (χ1) is 12.6. The van der Waals surface area contributed by atoms with Gasteiger partial charge in [0.15, 0.2) is 6.61 Å². The predicted molar refractivity (Wildman–Crippen MR) is 105 cm³/mol. The largest absolute Gasteiger partial charge is 0.489 e. The molecular formula is C22H21NO3. The fourth-order valence-electron chi connectivity index (χ4n) is 2.44. The Bertz CT molecular complexity index is 916. The van der Waals surface area contributed by atoms with Crippen LogP contribution in [-0.4, -0.2) is 19.1 Å². The maximum atomic E-state index is 12.1. The summed E-state index contributed by atoms with van der Waals surface area (Å²) >= 11 is 0. The minimum Gasteiger partial charge on any atom is -0.489 e. The average molecular weight is 347 g/mol. The van der Waals surface area contributed by atoms with E-state index in [0.717, 1.165) is 22.1 Å². The number of anilines is 1. The van der Waals surface area contributed by atoms with Crippen LogP contribution in [0.25, 0.3) is 10.8 Å². The average Bonchev–Trinajstić information content (AvgIpc) is 2.65. The Morgan fingerprint density at radius 3 is 2.27 bits per heavy atom. The number of amides is 1. The number of carbonyl (C=O) groups excluding carboxylic acids is 1. The topological polar surface area (TPSA) is 47.6 Å². The van der Waals surface area contributed by atoms with Gasteiger partial charge in [0, 0.05) is 5.69 Å². The minimum atomic E-state index is -0.214. The van der Waals surface area contributed by atoms with Crippen molar-refractivity contribution in [2.24, 2.45) is 0 Å². The summed E-state index contributed by atoms with van der Waals surface area (Å²) < 4.78 is 11.1. The van der Waals surface area contributed by atoms with E-state index in [1.165, 1.54) is 0 Å². The third-order valence-corrected chi connectivity index (χ3v) is 3.71. The number of nitrogens with one attached hydrogen (secondary N) is 1. The molecule has 0 bridgehead atoms. The van der Waals surface area contributed by atoms with Crippen LogP contribution in [0.2, 0.25) is 0 Å². The Morgan fingerprint density at radius 2 is 1.54 bits per heavy atom. The monoisotopic (exact) mass is 347 g/mol. The Balaban J connectivity index is 1.52. The van der Waals surface area contributed by atoms with Gasteiger partial charge < -0.3 is 14.8 Å². The summed E-state index contributed by atoms with van der Waals surface area (Å²) in [6, 6.07) is 21.0. The van der Waals surface area contributed by atoms with Gasteiger partial charge >= 0.3 is 0 Å². The summed E-state index contributed by atoms with van der Waals surface area (Å²) in [5.74, 6) is 1.19. The van der Waals surface area contributed by atoms with Gasteiger partial charge in [-0.1, -0.05) is 36.9 Å². The quantitative estimate of drug-likeness (QED) is 0.624. The Hall–Kier alpha value is -3.27. The lowest BCUT2D eigenvalue weighted by Crippen LogP contribution is -2.20. The van der Waals surface area contributed by atoms with Gasteiger partial charge in [-0.3, -0.25) is 4.79 Å². The molecule has 132 valence electrons. The van der Waals surface area contributed by atoms with Gasteiger partial charge in [0.2, 0.25) is 0 Å². The molecule has 1 amide bonds. The summed E-state index contributed by atoms with van der Waals surface area (Å²) in [6.07, 6.45) is 0. The summed E-state index contributed by atoms with van der Waals surface area (Å²) in [7, 11) is 0. The molecule has 3 aromatic rings. The van der Waals surface area contributed by atoms with Crippen LogP contribution < -0.4 is 14.8 Å². The Morgan fingerprint density at radius 1 is 0.885 bits per heavy atom. The highest BCUT2D eigenvalue weighted by Crippen LogP contribution is 2.21. The predicted octanol–water partition coefficient (Wildman–Crippen LogP) is 4.81. The molecule has 26 heavy (non-hydrogen) atoms. The molecule has 0 heterocycles. The normalized spacial score (nSPS) is 10.3. The van der Waals surface area contributed by atoms with E-state index in [4.69, 9.17) is 9.47 Å². The fourth-order valence-corrected chi connectivity index (χ4v) is 2.44. The standard InChI is InChI=1S/C22H21NO3/c1-16(2)14-25-20-11-8-19(9-12-20)23-22(24)15-26-21-10-7-17-5-3-4-6-18(17)13-21/h3-13H,1,14-15H2,2H3,(H,23,24). The molecule has 0 spiro atoms. The number of rotatable bonds is 7. The molecule has 3 rings (SSSR count). The zero-order valence-corrected chi connectivity index (χ0v) is 14.7. The van der Waals surface area contributed by atoms with Crippen LogP contribution in [0.15, 0.2) is 78.9 Å². The van der Waals surface area contributed by atoms with Crippen molar-refractivity contribution in [3.05, 3.63) is 78.9 Å². The van der Waals surface area contributed by atoms with Crippen molar-refractivity contribution >= 4 is 22.4 Å². The SMILES string of the molecule is C=C(C)COc1ccc(NC(=O)COc2ccc3ccccc3c2)cc1. The molecule has 3 aromatic carbocycles. The molecule has 1 N–H and O–H groups in total. The van der Waals surface area contributed by atoms with Gasteiger partial charge in [0.1, 0.15) is 18.1 Å². The van der Waals surface area contributed by atoms with E-state index in [1.807, 2.05) is 61.5 Å². The van der Waals surface area contributed by atoms with Crippen LogP contribution in [0.1, 0.15) is 6.92 Å². The fraction of sp³-hybridized carbons (Fsp3) is 0.136. The zero-order chi connectivity index (χ0) is 18.4. The van der Waals surface area contributed by atoms with Crippen LogP contribution in [-0.2, 0) is 4.79 Å². The maximum absolute atomic E-state index is 12.1. The first-order valence-electron chi connectivity index (χ1n) is 8.39. The van der Waals surface area contributed by atoms with Crippen molar-refractivity contribution in [3.63, 3.8) is 0 Å². The number of carbonyl (C=O) groups is 1. The van der Waals surface area contributed by atoms with Crippen molar-refractivity contribution in [3.8, 4) is 11.5 Å². The summed E-state index contributed by atoms with van der Waals surface area (Å²) in [5.41, 5.74) is 1.65. The van der Waals surface area contributed by atoms with Crippen LogP contribution >= 0.6 is 0 Å². The lowest BCUT2D eigenvalue weighted by atomic mass is 10.1. The van der Waals surface area contributed by atoms with E-state index >= 15 is 0 Å². The van der Waals surface area contributed by atoms with Gasteiger partial charge in [0.05, 0.1) is 0 Å². The third kappa shape index (κ3) is 4.86. The smallest absolute Gasteiger partial charge is 0.262 e. The van der Waals surface area contributed by atoms with Gasteiger partial charge in [-0.15, -0.1) is 0 Å². The Labute approximate surface area is 153 Å². The van der Waals surface area contributed by atoms with Crippen LogP contribution in [0.4, 0.5) is 5.69 Å². The molecule has 0 saturated heterocycles. The molecule has 0 atom stereocenters. The van der Waals surface area contributed by atoms with Crippen molar-refractivity contribution in [2.75, 3.05) is 18.5 Å². The van der Waals surface area contributed by atoms with Gasteiger partial charge in [-0.25, -0.2) is 0 Å². The molecule has 0 unspecified atom stereocenters. The van der Waals surface area contributed by atoms with Crippen LogP contribution in [0.3, 0.4) is 0 Å². The van der Waals surface area contributed by atoms with Crippen molar-refractivity contribution in [2.45, 2.75) is 6.92 Å². The van der Waals surface area contributed by atoms with E-state index in [9.17, 15) is 4.79 Å². The molecule has 0 aliphatic heterocycles. The molecular weight excluding hydrogens is 326 g/mol. The maximum Gasteiger partial charge on any atom is 0.262 e. The molecule has 0 fully saturated rings. The van der Waals surface area contributed by atoms with Crippen molar-refractivity contribution < 1.29 is 14.3 Å². The van der Waals surface area contributed by atoms with Gasteiger partial charge in [-0.05, 0) is 59.7 Å². The zero-order valence-electron chi connectivity index (χ0n) is 14.7. The van der Waals surface area contributed by atoms with Crippen LogP contribution in [0, 0.1) is 0 Å². The number of hydrogen-bond donors (Lipinski definition) is 1. The van der Waals surface area contributed by atoms with Crippen LogP contribution in [0.5, 0.6) is 11.5 Å². The summed E-state index contributed by atoms with van der Waals surface area (Å²) in [4.78, 5) is 12.1. The molecule has 4 nitrogen and oxygen atoms in total. The van der Waals surface area contributed by atoms with E-state index in [-0.39, 0.29) is 12.5 Å². The molecule has 0 aromatic heterocycles. The number of ether oxygens (including phenoxy) is 2. The first-order valence-corrected chi connectivity index (χ1v) is 8.39.